The van der Waals surface area contributed by atoms with Crippen LogP contribution in [0.4, 0.5) is 0 Å². The molecule has 0 saturated heterocycles. The van der Waals surface area contributed by atoms with E-state index in [1.54, 1.807) is 6.92 Å². The fraction of sp³-hybridized carbons (Fsp3) is 0.556. The Kier molecular flexibility index (Phi) is 6.59. The number of aliphatic carboxylic acids is 1. The predicted octanol–water partition coefficient (Wildman–Crippen LogP) is 2.49. The lowest BCUT2D eigenvalue weighted by molar-refractivity contribution is -0.150. The van der Waals surface area contributed by atoms with Crippen LogP contribution >= 0.6 is 0 Å². The first kappa shape index (κ1) is 17.5. The van der Waals surface area contributed by atoms with Gasteiger partial charge in [-0.05, 0) is 38.2 Å². The smallest absolute Gasteiger partial charge is 0.326 e. The van der Waals surface area contributed by atoms with E-state index < -0.39 is 12.0 Å². The van der Waals surface area contributed by atoms with Crippen molar-refractivity contribution in [3.8, 4) is 0 Å². The normalized spacial score (nSPS) is 15.2. The molecular formula is C18H25NO4. The summed E-state index contributed by atoms with van der Waals surface area (Å²) in [6, 6.07) is 9.50. The van der Waals surface area contributed by atoms with Gasteiger partial charge in [0.2, 0.25) is 5.91 Å². The molecule has 1 N–H and O–H groups in total. The zero-order valence-corrected chi connectivity index (χ0v) is 13.6. The number of carbonyl (C=O) groups is 2. The van der Waals surface area contributed by atoms with Gasteiger partial charge in [0, 0.05) is 19.1 Å². The van der Waals surface area contributed by atoms with Crippen molar-refractivity contribution >= 4 is 11.9 Å². The molecule has 1 atom stereocenters. The fourth-order valence-corrected chi connectivity index (χ4v) is 2.60. The minimum Gasteiger partial charge on any atom is -0.480 e. The Morgan fingerprint density at radius 3 is 2.57 bits per heavy atom. The SMILES string of the molecule is CC(C(=O)O)N(C(=O)CCCOCCc1ccccc1)C1CC1. The second kappa shape index (κ2) is 8.67. The summed E-state index contributed by atoms with van der Waals surface area (Å²) in [6.45, 7) is 2.74. The summed E-state index contributed by atoms with van der Waals surface area (Å²) in [6.07, 6.45) is 3.66. The van der Waals surface area contributed by atoms with E-state index in [1.165, 1.54) is 10.5 Å². The lowest BCUT2D eigenvalue weighted by atomic mass is 10.2. The Morgan fingerprint density at radius 2 is 1.96 bits per heavy atom. The molecule has 2 rings (SSSR count). The van der Waals surface area contributed by atoms with Crippen molar-refractivity contribution in [1.82, 2.24) is 4.90 Å². The van der Waals surface area contributed by atoms with E-state index in [0.29, 0.717) is 26.1 Å². The van der Waals surface area contributed by atoms with Gasteiger partial charge in [-0.1, -0.05) is 30.3 Å². The molecule has 0 aromatic heterocycles. The molecule has 0 heterocycles. The molecule has 126 valence electrons. The molecule has 0 radical (unpaired) electrons. The zero-order valence-electron chi connectivity index (χ0n) is 13.6. The third-order valence-corrected chi connectivity index (χ3v) is 4.06. The zero-order chi connectivity index (χ0) is 16.7. The lowest BCUT2D eigenvalue weighted by Gasteiger charge is -2.26. The molecule has 1 aromatic rings. The maximum absolute atomic E-state index is 12.2. The molecule has 5 heteroatoms. The largest absolute Gasteiger partial charge is 0.480 e. The third-order valence-electron chi connectivity index (χ3n) is 4.06. The Morgan fingerprint density at radius 1 is 1.26 bits per heavy atom. The summed E-state index contributed by atoms with van der Waals surface area (Å²) in [7, 11) is 0. The standard InChI is InChI=1S/C18H25NO4/c1-14(18(21)22)19(16-9-10-16)17(20)8-5-12-23-13-11-15-6-3-2-4-7-15/h2-4,6-7,14,16H,5,8-13H2,1H3,(H,21,22). The number of amides is 1. The van der Waals surface area contributed by atoms with Crippen LogP contribution in [0.3, 0.4) is 0 Å². The topological polar surface area (TPSA) is 66.8 Å². The van der Waals surface area contributed by atoms with Gasteiger partial charge in [-0.2, -0.15) is 0 Å². The minimum atomic E-state index is -0.940. The summed E-state index contributed by atoms with van der Waals surface area (Å²) in [5.41, 5.74) is 1.23. The highest BCUT2D eigenvalue weighted by Gasteiger charge is 2.37. The van der Waals surface area contributed by atoms with Gasteiger partial charge < -0.3 is 14.7 Å². The van der Waals surface area contributed by atoms with Crippen molar-refractivity contribution in [2.45, 2.75) is 51.1 Å². The van der Waals surface area contributed by atoms with Gasteiger partial charge in [0.05, 0.1) is 6.61 Å². The molecule has 23 heavy (non-hydrogen) atoms. The summed E-state index contributed by atoms with van der Waals surface area (Å²) in [5.74, 6) is -1.02. The average molecular weight is 319 g/mol. The first-order chi connectivity index (χ1) is 11.1. The summed E-state index contributed by atoms with van der Waals surface area (Å²) < 4.78 is 5.56. The van der Waals surface area contributed by atoms with E-state index in [2.05, 4.69) is 12.1 Å². The second-order valence-corrected chi connectivity index (χ2v) is 6.00. The highest BCUT2D eigenvalue weighted by atomic mass is 16.5. The van der Waals surface area contributed by atoms with Crippen LogP contribution in [-0.2, 0) is 20.7 Å². The fourth-order valence-electron chi connectivity index (χ4n) is 2.60. The van der Waals surface area contributed by atoms with Crippen LogP contribution in [0.2, 0.25) is 0 Å². The maximum atomic E-state index is 12.2. The molecule has 0 spiro atoms. The van der Waals surface area contributed by atoms with Crippen molar-refractivity contribution in [2.75, 3.05) is 13.2 Å². The molecule has 1 aromatic carbocycles. The highest BCUT2D eigenvalue weighted by molar-refractivity contribution is 5.83. The molecule has 0 aliphatic heterocycles. The van der Waals surface area contributed by atoms with E-state index >= 15 is 0 Å². The van der Waals surface area contributed by atoms with Crippen molar-refractivity contribution in [3.63, 3.8) is 0 Å². The number of nitrogens with zero attached hydrogens (tertiary/aromatic N) is 1. The minimum absolute atomic E-state index is 0.0749. The Balaban J connectivity index is 1.63. The summed E-state index contributed by atoms with van der Waals surface area (Å²) in [5, 5.41) is 9.11. The predicted molar refractivity (Wildman–Crippen MR) is 87.2 cm³/mol. The van der Waals surface area contributed by atoms with Gasteiger partial charge in [0.15, 0.2) is 0 Å². The number of ether oxygens (including phenoxy) is 1. The molecule has 1 amide bonds. The van der Waals surface area contributed by atoms with Gasteiger partial charge in [-0.3, -0.25) is 4.79 Å². The molecule has 1 unspecified atom stereocenters. The second-order valence-electron chi connectivity index (χ2n) is 6.00. The van der Waals surface area contributed by atoms with Crippen molar-refractivity contribution in [2.24, 2.45) is 0 Å². The average Bonchev–Trinajstić information content (AvgIpc) is 3.36. The number of benzene rings is 1. The number of rotatable bonds is 10. The van der Waals surface area contributed by atoms with Gasteiger partial charge in [0.1, 0.15) is 6.04 Å². The van der Waals surface area contributed by atoms with Crippen LogP contribution < -0.4 is 0 Å². The van der Waals surface area contributed by atoms with Crippen LogP contribution in [0, 0.1) is 0 Å². The van der Waals surface area contributed by atoms with Crippen molar-refractivity contribution in [1.29, 1.82) is 0 Å². The van der Waals surface area contributed by atoms with Crippen LogP contribution in [0.25, 0.3) is 0 Å². The molecule has 1 aliphatic rings. The van der Waals surface area contributed by atoms with Crippen LogP contribution in [-0.4, -0.2) is 47.2 Å². The van der Waals surface area contributed by atoms with Crippen LogP contribution in [0.1, 0.15) is 38.2 Å². The van der Waals surface area contributed by atoms with Crippen molar-refractivity contribution < 1.29 is 19.4 Å². The van der Waals surface area contributed by atoms with E-state index in [4.69, 9.17) is 9.84 Å². The lowest BCUT2D eigenvalue weighted by Crippen LogP contribution is -2.44. The number of hydrogen-bond acceptors (Lipinski definition) is 3. The first-order valence-corrected chi connectivity index (χ1v) is 8.25. The van der Waals surface area contributed by atoms with E-state index in [1.807, 2.05) is 18.2 Å². The summed E-state index contributed by atoms with van der Waals surface area (Å²) in [4.78, 5) is 24.9. The molecule has 0 bridgehead atoms. The van der Waals surface area contributed by atoms with Gasteiger partial charge in [-0.25, -0.2) is 4.79 Å². The van der Waals surface area contributed by atoms with E-state index in [-0.39, 0.29) is 11.9 Å². The summed E-state index contributed by atoms with van der Waals surface area (Å²) >= 11 is 0. The van der Waals surface area contributed by atoms with Crippen LogP contribution in [0.5, 0.6) is 0 Å². The third kappa shape index (κ3) is 5.67. The van der Waals surface area contributed by atoms with Gasteiger partial charge in [-0.15, -0.1) is 0 Å². The monoisotopic (exact) mass is 319 g/mol. The Hall–Kier alpha value is -1.88. The number of carboxylic acids is 1. The van der Waals surface area contributed by atoms with Gasteiger partial charge in [0.25, 0.3) is 0 Å². The highest BCUT2D eigenvalue weighted by Crippen LogP contribution is 2.29. The van der Waals surface area contributed by atoms with E-state index in [0.717, 1.165) is 19.3 Å². The molecule has 5 nitrogen and oxygen atoms in total. The van der Waals surface area contributed by atoms with Crippen molar-refractivity contribution in [3.05, 3.63) is 35.9 Å². The van der Waals surface area contributed by atoms with Gasteiger partial charge >= 0.3 is 5.97 Å². The molecular weight excluding hydrogens is 294 g/mol. The number of hydrogen-bond donors (Lipinski definition) is 1. The van der Waals surface area contributed by atoms with E-state index in [9.17, 15) is 9.59 Å². The number of carboxylic acid groups (broad SMARTS) is 1. The Bertz CT molecular complexity index is 513. The first-order valence-electron chi connectivity index (χ1n) is 8.25. The Labute approximate surface area is 137 Å². The molecule has 1 fully saturated rings. The quantitative estimate of drug-likeness (QED) is 0.673. The maximum Gasteiger partial charge on any atom is 0.326 e. The number of carbonyl (C=O) groups excluding carboxylic acids is 1. The van der Waals surface area contributed by atoms with Crippen LogP contribution in [0.15, 0.2) is 30.3 Å². The molecule has 1 aliphatic carbocycles. The molecule has 1 saturated carbocycles.